The lowest BCUT2D eigenvalue weighted by Gasteiger charge is -2.32. The summed E-state index contributed by atoms with van der Waals surface area (Å²) >= 11 is 0. The van der Waals surface area contributed by atoms with E-state index < -0.39 is 0 Å². The molecular formula is C13H20O2. The van der Waals surface area contributed by atoms with E-state index in [2.05, 4.69) is 13.8 Å². The molecule has 2 fully saturated rings. The zero-order valence-electron chi connectivity index (χ0n) is 9.88. The molecule has 2 nitrogen and oxygen atoms in total. The highest BCUT2D eigenvalue weighted by molar-refractivity contribution is 5.83. The molecule has 0 aromatic rings. The molecule has 0 radical (unpaired) electrons. The molecule has 2 rings (SSSR count). The molecule has 2 bridgehead atoms. The summed E-state index contributed by atoms with van der Waals surface area (Å²) in [5.74, 6) is 1.27. The normalized spacial score (nSPS) is 34.7. The summed E-state index contributed by atoms with van der Waals surface area (Å²) in [7, 11) is 0. The number of ether oxygens (including phenoxy) is 1. The number of fused-ring (bicyclic) bond motifs is 2. The van der Waals surface area contributed by atoms with Crippen LogP contribution in [0.15, 0.2) is 11.6 Å². The number of carbonyl (C=O) groups is 1. The second-order valence-electron chi connectivity index (χ2n) is 5.28. The van der Waals surface area contributed by atoms with Crippen molar-refractivity contribution in [1.29, 1.82) is 0 Å². The van der Waals surface area contributed by atoms with Crippen molar-refractivity contribution in [2.45, 2.75) is 40.0 Å². The molecule has 0 N–H and O–H groups in total. The number of hydrogen-bond acceptors (Lipinski definition) is 2. The maximum atomic E-state index is 11.5. The number of hydrogen-bond donors (Lipinski definition) is 0. The van der Waals surface area contributed by atoms with Crippen molar-refractivity contribution in [2.24, 2.45) is 17.3 Å². The van der Waals surface area contributed by atoms with Gasteiger partial charge in [0, 0.05) is 6.08 Å². The Hall–Kier alpha value is -0.790. The minimum Gasteiger partial charge on any atom is -0.463 e. The van der Waals surface area contributed by atoms with Crippen LogP contribution < -0.4 is 0 Å². The predicted octanol–water partition coefficient (Wildman–Crippen LogP) is 2.93. The monoisotopic (exact) mass is 208 g/mol. The van der Waals surface area contributed by atoms with E-state index in [1.54, 1.807) is 6.08 Å². The highest BCUT2D eigenvalue weighted by atomic mass is 16.5. The minimum atomic E-state index is -0.159. The average Bonchev–Trinajstić information content (AvgIpc) is 2.69. The standard InChI is InChI=1S/C13H20O2/c1-4-15-12(14)8-11-9-5-6-10(7-9)13(11,2)3/h8-10H,4-7H2,1-3H3/b11-8+/t9-,10+/m1/s1. The largest absolute Gasteiger partial charge is 0.463 e. The number of esters is 1. The maximum absolute atomic E-state index is 11.5. The highest BCUT2D eigenvalue weighted by Crippen LogP contribution is 2.58. The van der Waals surface area contributed by atoms with Gasteiger partial charge in [-0.25, -0.2) is 4.79 Å². The van der Waals surface area contributed by atoms with Gasteiger partial charge in [0.1, 0.15) is 0 Å². The van der Waals surface area contributed by atoms with Crippen molar-refractivity contribution >= 4 is 5.97 Å². The van der Waals surface area contributed by atoms with E-state index in [0.29, 0.717) is 12.5 Å². The summed E-state index contributed by atoms with van der Waals surface area (Å²) in [6.07, 6.45) is 5.63. The van der Waals surface area contributed by atoms with Crippen LogP contribution in [0.5, 0.6) is 0 Å². The summed E-state index contributed by atoms with van der Waals surface area (Å²) in [4.78, 5) is 11.5. The third-order valence-corrected chi connectivity index (χ3v) is 4.20. The molecule has 0 saturated heterocycles. The van der Waals surface area contributed by atoms with Crippen LogP contribution in [0.1, 0.15) is 40.0 Å². The fourth-order valence-corrected chi connectivity index (χ4v) is 3.30. The molecule has 15 heavy (non-hydrogen) atoms. The van der Waals surface area contributed by atoms with Crippen LogP contribution in [-0.4, -0.2) is 12.6 Å². The number of allylic oxidation sites excluding steroid dienone is 1. The van der Waals surface area contributed by atoms with Gasteiger partial charge in [-0.1, -0.05) is 19.4 Å². The van der Waals surface area contributed by atoms with E-state index in [4.69, 9.17) is 4.74 Å². The Bertz CT molecular complexity index is 302. The van der Waals surface area contributed by atoms with E-state index in [1.807, 2.05) is 6.92 Å². The molecule has 2 saturated carbocycles. The first-order chi connectivity index (χ1) is 7.05. The fraction of sp³-hybridized carbons (Fsp3) is 0.769. The Morgan fingerprint density at radius 1 is 1.53 bits per heavy atom. The Morgan fingerprint density at radius 3 is 2.80 bits per heavy atom. The minimum absolute atomic E-state index is 0.159. The van der Waals surface area contributed by atoms with Crippen LogP contribution in [0.3, 0.4) is 0 Å². The highest BCUT2D eigenvalue weighted by Gasteiger charge is 2.48. The fourth-order valence-electron chi connectivity index (χ4n) is 3.30. The van der Waals surface area contributed by atoms with Gasteiger partial charge in [-0.05, 0) is 43.4 Å². The van der Waals surface area contributed by atoms with Gasteiger partial charge in [0.25, 0.3) is 0 Å². The van der Waals surface area contributed by atoms with Crippen LogP contribution in [0.25, 0.3) is 0 Å². The van der Waals surface area contributed by atoms with Crippen molar-refractivity contribution in [1.82, 2.24) is 0 Å². The molecule has 0 aromatic carbocycles. The number of carbonyl (C=O) groups excluding carboxylic acids is 1. The van der Waals surface area contributed by atoms with Gasteiger partial charge in [-0.3, -0.25) is 0 Å². The second kappa shape index (κ2) is 3.66. The van der Waals surface area contributed by atoms with E-state index in [0.717, 1.165) is 5.92 Å². The van der Waals surface area contributed by atoms with E-state index in [9.17, 15) is 4.79 Å². The van der Waals surface area contributed by atoms with Crippen LogP contribution in [-0.2, 0) is 9.53 Å². The summed E-state index contributed by atoms with van der Waals surface area (Å²) in [5.41, 5.74) is 1.55. The van der Waals surface area contributed by atoms with Gasteiger partial charge in [-0.2, -0.15) is 0 Å². The Kier molecular flexibility index (Phi) is 2.61. The molecule has 2 atom stereocenters. The molecule has 84 valence electrons. The van der Waals surface area contributed by atoms with Crippen LogP contribution in [0.2, 0.25) is 0 Å². The van der Waals surface area contributed by atoms with Crippen molar-refractivity contribution in [3.63, 3.8) is 0 Å². The first kappa shape index (κ1) is 10.7. The van der Waals surface area contributed by atoms with Gasteiger partial charge in [0.2, 0.25) is 0 Å². The van der Waals surface area contributed by atoms with Crippen molar-refractivity contribution < 1.29 is 9.53 Å². The van der Waals surface area contributed by atoms with E-state index in [-0.39, 0.29) is 11.4 Å². The molecule has 0 heterocycles. The summed E-state index contributed by atoms with van der Waals surface area (Å²) in [5, 5.41) is 0. The molecule has 0 aliphatic heterocycles. The average molecular weight is 208 g/mol. The molecule has 2 aliphatic rings. The van der Waals surface area contributed by atoms with Crippen molar-refractivity contribution in [3.05, 3.63) is 11.6 Å². The smallest absolute Gasteiger partial charge is 0.330 e. The maximum Gasteiger partial charge on any atom is 0.330 e. The van der Waals surface area contributed by atoms with Crippen LogP contribution >= 0.6 is 0 Å². The lowest BCUT2D eigenvalue weighted by molar-refractivity contribution is -0.137. The second-order valence-corrected chi connectivity index (χ2v) is 5.28. The molecular weight excluding hydrogens is 188 g/mol. The third-order valence-electron chi connectivity index (χ3n) is 4.20. The Morgan fingerprint density at radius 2 is 2.27 bits per heavy atom. The summed E-state index contributed by atoms with van der Waals surface area (Å²) in [6, 6.07) is 0. The van der Waals surface area contributed by atoms with Gasteiger partial charge >= 0.3 is 5.97 Å². The lowest BCUT2D eigenvalue weighted by Crippen LogP contribution is -2.23. The Labute approximate surface area is 91.7 Å². The lowest BCUT2D eigenvalue weighted by atomic mass is 9.72. The van der Waals surface area contributed by atoms with E-state index >= 15 is 0 Å². The molecule has 0 amide bonds. The quantitative estimate of drug-likeness (QED) is 0.515. The summed E-state index contributed by atoms with van der Waals surface area (Å²) in [6.45, 7) is 6.85. The molecule has 2 heteroatoms. The third kappa shape index (κ3) is 1.70. The zero-order chi connectivity index (χ0) is 11.1. The SMILES string of the molecule is CCOC(=O)/C=C1\[C@@H]2CC[C@@H](C2)C1(C)C. The van der Waals surface area contributed by atoms with Crippen molar-refractivity contribution in [2.75, 3.05) is 6.61 Å². The van der Waals surface area contributed by atoms with Crippen LogP contribution in [0.4, 0.5) is 0 Å². The first-order valence-corrected chi connectivity index (χ1v) is 5.94. The molecule has 0 aromatic heterocycles. The molecule has 2 aliphatic carbocycles. The zero-order valence-corrected chi connectivity index (χ0v) is 9.88. The molecule has 0 unspecified atom stereocenters. The Balaban J connectivity index is 2.18. The van der Waals surface area contributed by atoms with Gasteiger partial charge in [0.05, 0.1) is 6.61 Å². The van der Waals surface area contributed by atoms with Gasteiger partial charge in [0.15, 0.2) is 0 Å². The van der Waals surface area contributed by atoms with Gasteiger partial charge < -0.3 is 4.74 Å². The molecule has 0 spiro atoms. The van der Waals surface area contributed by atoms with Crippen LogP contribution in [0, 0.1) is 17.3 Å². The van der Waals surface area contributed by atoms with Gasteiger partial charge in [-0.15, -0.1) is 0 Å². The first-order valence-electron chi connectivity index (χ1n) is 5.94. The van der Waals surface area contributed by atoms with E-state index in [1.165, 1.54) is 24.8 Å². The summed E-state index contributed by atoms with van der Waals surface area (Å²) < 4.78 is 4.99. The number of rotatable bonds is 2. The van der Waals surface area contributed by atoms with Crippen molar-refractivity contribution in [3.8, 4) is 0 Å². The predicted molar refractivity (Wildman–Crippen MR) is 59.3 cm³/mol. The topological polar surface area (TPSA) is 26.3 Å².